The Morgan fingerprint density at radius 2 is 2.00 bits per heavy atom. The zero-order chi connectivity index (χ0) is 17.6. The van der Waals surface area contributed by atoms with Gasteiger partial charge in [0.05, 0.1) is 18.9 Å². The largest absolute Gasteiger partial charge is 0.499 e. The Morgan fingerprint density at radius 1 is 1.35 bits per heavy atom. The molecule has 0 saturated carbocycles. The third-order valence-electron chi connectivity index (χ3n) is 3.76. The van der Waals surface area contributed by atoms with Crippen molar-refractivity contribution in [1.82, 2.24) is 9.62 Å². The predicted molar refractivity (Wildman–Crippen MR) is 86.9 cm³/mol. The van der Waals surface area contributed by atoms with Gasteiger partial charge < -0.3 is 4.74 Å². The molecule has 1 N–H and O–H groups in total. The number of hydrogen-bond acceptors (Lipinski definition) is 5. The van der Waals surface area contributed by atoms with Crippen LogP contribution in [0.5, 0.6) is 0 Å². The summed E-state index contributed by atoms with van der Waals surface area (Å²) in [5.74, 6) is -0.648. The van der Waals surface area contributed by atoms with Gasteiger partial charge in [-0.2, -0.15) is 0 Å². The van der Waals surface area contributed by atoms with E-state index >= 15 is 0 Å². The van der Waals surface area contributed by atoms with E-state index in [0.29, 0.717) is 25.0 Å². The highest BCUT2D eigenvalue weighted by Crippen LogP contribution is 2.25. The number of nitrogens with one attached hydrogen (secondary N) is 1. The molecule has 1 aliphatic heterocycles. The fourth-order valence-corrected chi connectivity index (χ4v) is 3.38. The minimum absolute atomic E-state index is 0.117. The first-order valence-electron chi connectivity index (χ1n) is 7.93. The highest BCUT2D eigenvalue weighted by Gasteiger charge is 2.40. The van der Waals surface area contributed by atoms with Crippen molar-refractivity contribution in [2.75, 3.05) is 12.9 Å². The lowest BCUT2D eigenvalue weighted by Crippen LogP contribution is -2.52. The van der Waals surface area contributed by atoms with Crippen LogP contribution in [0.25, 0.3) is 0 Å². The molecule has 1 aliphatic rings. The van der Waals surface area contributed by atoms with Crippen LogP contribution in [0.3, 0.4) is 0 Å². The summed E-state index contributed by atoms with van der Waals surface area (Å²) in [7, 11) is -2.08. The molecule has 7 nitrogen and oxygen atoms in total. The van der Waals surface area contributed by atoms with Crippen molar-refractivity contribution in [3.05, 3.63) is 11.8 Å². The first-order chi connectivity index (χ1) is 10.8. The number of ether oxygens (including phenoxy) is 1. The van der Waals surface area contributed by atoms with E-state index in [9.17, 15) is 18.0 Å². The zero-order valence-electron chi connectivity index (χ0n) is 14.2. The summed E-state index contributed by atoms with van der Waals surface area (Å²) >= 11 is 0. The van der Waals surface area contributed by atoms with Crippen LogP contribution >= 0.6 is 0 Å². The van der Waals surface area contributed by atoms with E-state index in [2.05, 4.69) is 4.72 Å². The minimum atomic E-state index is -3.54. The lowest BCUT2D eigenvalue weighted by molar-refractivity contribution is -0.144. The van der Waals surface area contributed by atoms with Crippen LogP contribution in [-0.4, -0.2) is 50.1 Å². The van der Waals surface area contributed by atoms with Crippen LogP contribution < -0.4 is 4.72 Å². The number of hydrogen-bond donors (Lipinski definition) is 1. The predicted octanol–water partition coefficient (Wildman–Crippen LogP) is 1.16. The Hall–Kier alpha value is -1.41. The maximum atomic E-state index is 12.8. The molecule has 0 radical (unpaired) electrons. The topological polar surface area (TPSA) is 92.8 Å². The third kappa shape index (κ3) is 4.78. The summed E-state index contributed by atoms with van der Waals surface area (Å²) in [6, 6.07) is -1.40. The number of carbonyl (C=O) groups excluding carboxylic acids is 2. The Bertz CT molecular complexity index is 570. The molecule has 0 fully saturated rings. The van der Waals surface area contributed by atoms with E-state index in [0.717, 1.165) is 11.3 Å². The molecule has 0 aromatic heterocycles. The summed E-state index contributed by atoms with van der Waals surface area (Å²) in [5, 5.41) is 0. The van der Waals surface area contributed by atoms with Crippen molar-refractivity contribution < 1.29 is 22.7 Å². The second kappa shape index (κ2) is 8.44. The molecule has 1 rings (SSSR count). The molecule has 2 amide bonds. The van der Waals surface area contributed by atoms with Crippen LogP contribution in [0.4, 0.5) is 0 Å². The second-order valence-corrected chi connectivity index (χ2v) is 7.51. The van der Waals surface area contributed by atoms with Crippen LogP contribution in [-0.2, 0) is 24.3 Å². The molecular formula is C15H26N2O5S. The lowest BCUT2D eigenvalue weighted by atomic mass is 10.1. The molecule has 0 saturated heterocycles. The van der Waals surface area contributed by atoms with Crippen molar-refractivity contribution in [3.63, 3.8) is 0 Å². The van der Waals surface area contributed by atoms with E-state index in [4.69, 9.17) is 4.74 Å². The summed E-state index contributed by atoms with van der Waals surface area (Å²) in [6.45, 7) is 5.30. The summed E-state index contributed by atoms with van der Waals surface area (Å²) in [5.41, 5.74) is 0. The van der Waals surface area contributed by atoms with E-state index < -0.39 is 33.9 Å². The van der Waals surface area contributed by atoms with E-state index in [1.165, 1.54) is 20.1 Å². The van der Waals surface area contributed by atoms with Crippen molar-refractivity contribution in [2.45, 2.75) is 58.5 Å². The maximum Gasteiger partial charge on any atom is 0.257 e. The maximum absolute atomic E-state index is 12.8. The smallest absolute Gasteiger partial charge is 0.257 e. The van der Waals surface area contributed by atoms with Gasteiger partial charge in [-0.25, -0.2) is 13.1 Å². The number of rotatable bonds is 9. The van der Waals surface area contributed by atoms with Gasteiger partial charge >= 0.3 is 0 Å². The van der Waals surface area contributed by atoms with Crippen molar-refractivity contribution in [1.29, 1.82) is 0 Å². The Morgan fingerprint density at radius 3 is 2.48 bits per heavy atom. The van der Waals surface area contributed by atoms with Gasteiger partial charge in [-0.1, -0.05) is 26.7 Å². The van der Waals surface area contributed by atoms with Crippen LogP contribution in [0.1, 0.15) is 46.5 Å². The molecule has 132 valence electrons. The van der Waals surface area contributed by atoms with Crippen LogP contribution in [0, 0.1) is 0 Å². The standard InChI is InChI=1S/C15H26N2O5S/c1-5-8-11(16-23(20,21)7-3)15(19)17-12(9-6-2)13(22-4)10-14(17)18/h10-12,16H,5-9H2,1-4H3/t11-,12-/m1/s1. The van der Waals surface area contributed by atoms with Gasteiger partial charge in [0, 0.05) is 6.08 Å². The zero-order valence-corrected chi connectivity index (χ0v) is 15.0. The molecule has 0 aromatic rings. The lowest BCUT2D eigenvalue weighted by Gasteiger charge is -2.28. The van der Waals surface area contributed by atoms with Gasteiger partial charge in [0.15, 0.2) is 0 Å². The molecule has 2 atom stereocenters. The van der Waals surface area contributed by atoms with Crippen molar-refractivity contribution in [3.8, 4) is 0 Å². The van der Waals surface area contributed by atoms with Gasteiger partial charge in [0.1, 0.15) is 11.8 Å². The number of nitrogens with zero attached hydrogens (tertiary/aromatic N) is 1. The van der Waals surface area contributed by atoms with Crippen LogP contribution in [0.2, 0.25) is 0 Å². The van der Waals surface area contributed by atoms with Crippen molar-refractivity contribution in [2.24, 2.45) is 0 Å². The summed E-state index contributed by atoms with van der Waals surface area (Å²) in [4.78, 5) is 26.1. The third-order valence-corrected chi connectivity index (χ3v) is 5.16. The molecular weight excluding hydrogens is 320 g/mol. The highest BCUT2D eigenvalue weighted by atomic mass is 32.2. The molecule has 0 aromatic carbocycles. The number of sulfonamides is 1. The van der Waals surface area contributed by atoms with E-state index in [1.54, 1.807) is 0 Å². The first-order valence-corrected chi connectivity index (χ1v) is 9.59. The summed E-state index contributed by atoms with van der Waals surface area (Å²) < 4.78 is 31.2. The van der Waals surface area contributed by atoms with E-state index in [1.807, 2.05) is 13.8 Å². The average molecular weight is 346 g/mol. The average Bonchev–Trinajstić information content (AvgIpc) is 2.82. The number of methoxy groups -OCH3 is 1. The molecule has 0 unspecified atom stereocenters. The number of imide groups is 1. The van der Waals surface area contributed by atoms with Gasteiger partial charge in [-0.05, 0) is 19.8 Å². The molecule has 0 spiro atoms. The normalized spacial score (nSPS) is 19.7. The Labute approximate surface area is 138 Å². The van der Waals surface area contributed by atoms with Gasteiger partial charge in [-0.3, -0.25) is 14.5 Å². The molecule has 0 aliphatic carbocycles. The Kier molecular flexibility index (Phi) is 7.21. The molecule has 0 bridgehead atoms. The molecule has 1 heterocycles. The highest BCUT2D eigenvalue weighted by molar-refractivity contribution is 7.89. The fourth-order valence-electron chi connectivity index (χ4n) is 2.56. The van der Waals surface area contributed by atoms with Gasteiger partial charge in [-0.15, -0.1) is 0 Å². The fraction of sp³-hybridized carbons (Fsp3) is 0.733. The molecule has 8 heteroatoms. The van der Waals surface area contributed by atoms with Crippen LogP contribution in [0.15, 0.2) is 11.8 Å². The van der Waals surface area contributed by atoms with Gasteiger partial charge in [0.25, 0.3) is 5.91 Å². The monoisotopic (exact) mass is 346 g/mol. The number of amides is 2. The van der Waals surface area contributed by atoms with E-state index in [-0.39, 0.29) is 5.75 Å². The molecule has 23 heavy (non-hydrogen) atoms. The summed E-state index contributed by atoms with van der Waals surface area (Å²) in [6.07, 6.45) is 3.60. The minimum Gasteiger partial charge on any atom is -0.499 e. The quantitative estimate of drug-likeness (QED) is 0.676. The van der Waals surface area contributed by atoms with Gasteiger partial charge in [0.2, 0.25) is 15.9 Å². The number of carbonyl (C=O) groups is 2. The van der Waals surface area contributed by atoms with Crippen molar-refractivity contribution >= 4 is 21.8 Å². The Balaban J connectivity index is 3.04. The first kappa shape index (κ1) is 19.6. The second-order valence-electron chi connectivity index (χ2n) is 5.46. The SMILES string of the molecule is CCC[C@@H]1C(OC)=CC(=O)N1C(=O)[C@@H](CCC)NS(=O)(=O)CC.